The van der Waals surface area contributed by atoms with Crippen LogP contribution in [-0.2, 0) is 6.42 Å². The lowest BCUT2D eigenvalue weighted by molar-refractivity contribution is 0.326. The van der Waals surface area contributed by atoms with Crippen LogP contribution in [0.5, 0.6) is 5.88 Å². The molecule has 0 aromatic carbocycles. The Balaban J connectivity index is 1.84. The van der Waals surface area contributed by atoms with E-state index >= 15 is 0 Å². The van der Waals surface area contributed by atoms with Gasteiger partial charge in [0.25, 0.3) is 0 Å². The number of aromatic nitrogens is 3. The van der Waals surface area contributed by atoms with Gasteiger partial charge in [0.2, 0.25) is 5.88 Å². The molecule has 2 heterocycles. The maximum Gasteiger partial charge on any atom is 0.218 e. The predicted molar refractivity (Wildman–Crippen MR) is 69.6 cm³/mol. The highest BCUT2D eigenvalue weighted by molar-refractivity contribution is 5.37. The molecule has 0 aliphatic heterocycles. The summed E-state index contributed by atoms with van der Waals surface area (Å²) in [6.45, 7) is 3.35. The molecule has 5 heteroatoms. The van der Waals surface area contributed by atoms with E-state index in [1.54, 1.807) is 18.5 Å². The van der Waals surface area contributed by atoms with Gasteiger partial charge in [0, 0.05) is 25.0 Å². The second kappa shape index (κ2) is 6.54. The normalized spacial score (nSPS) is 10.1. The van der Waals surface area contributed by atoms with Crippen LogP contribution in [0.2, 0.25) is 0 Å². The molecule has 0 saturated heterocycles. The number of hydrogen-bond donors (Lipinski definition) is 1. The van der Waals surface area contributed by atoms with Gasteiger partial charge < -0.3 is 10.1 Å². The Morgan fingerprint density at radius 3 is 2.83 bits per heavy atom. The van der Waals surface area contributed by atoms with Crippen molar-refractivity contribution >= 4 is 5.82 Å². The molecule has 2 aromatic heterocycles. The molecule has 0 aliphatic rings. The molecule has 94 valence electrons. The SMILES string of the molecule is CCOc1cc(NCCc2ccncc2)ncn1. The Morgan fingerprint density at radius 2 is 2.06 bits per heavy atom. The Bertz CT molecular complexity index is 475. The van der Waals surface area contributed by atoms with Gasteiger partial charge in [-0.1, -0.05) is 0 Å². The van der Waals surface area contributed by atoms with Gasteiger partial charge in [-0.15, -0.1) is 0 Å². The highest BCUT2D eigenvalue weighted by Gasteiger charge is 1.98. The summed E-state index contributed by atoms with van der Waals surface area (Å²) in [7, 11) is 0. The van der Waals surface area contributed by atoms with E-state index in [4.69, 9.17) is 4.74 Å². The lowest BCUT2D eigenvalue weighted by Crippen LogP contribution is -2.07. The average molecular weight is 244 g/mol. The zero-order valence-electron chi connectivity index (χ0n) is 10.3. The molecule has 0 bridgehead atoms. The summed E-state index contributed by atoms with van der Waals surface area (Å²) >= 11 is 0. The molecule has 2 aromatic rings. The van der Waals surface area contributed by atoms with E-state index in [9.17, 15) is 0 Å². The smallest absolute Gasteiger partial charge is 0.218 e. The quantitative estimate of drug-likeness (QED) is 0.841. The number of ether oxygens (including phenoxy) is 1. The summed E-state index contributed by atoms with van der Waals surface area (Å²) in [6, 6.07) is 5.82. The molecular formula is C13H16N4O. The maximum atomic E-state index is 5.31. The fourth-order valence-electron chi connectivity index (χ4n) is 1.55. The zero-order chi connectivity index (χ0) is 12.6. The Hall–Kier alpha value is -2.17. The highest BCUT2D eigenvalue weighted by atomic mass is 16.5. The first-order chi connectivity index (χ1) is 8.88. The minimum atomic E-state index is 0.596. The molecule has 0 radical (unpaired) electrons. The molecule has 2 rings (SSSR count). The van der Waals surface area contributed by atoms with Crippen LogP contribution in [0.25, 0.3) is 0 Å². The third-order valence-electron chi connectivity index (χ3n) is 2.40. The Kier molecular flexibility index (Phi) is 4.46. The molecule has 0 unspecified atom stereocenters. The number of hydrogen-bond acceptors (Lipinski definition) is 5. The van der Waals surface area contributed by atoms with Crippen molar-refractivity contribution < 1.29 is 4.74 Å². The van der Waals surface area contributed by atoms with Gasteiger partial charge in [-0.3, -0.25) is 4.98 Å². The lowest BCUT2D eigenvalue weighted by atomic mass is 10.2. The van der Waals surface area contributed by atoms with Crippen LogP contribution in [0.1, 0.15) is 12.5 Å². The second-order valence-electron chi connectivity index (χ2n) is 3.71. The maximum absolute atomic E-state index is 5.31. The molecule has 0 aliphatic carbocycles. The van der Waals surface area contributed by atoms with Crippen LogP contribution >= 0.6 is 0 Å². The van der Waals surface area contributed by atoms with Crippen molar-refractivity contribution in [2.75, 3.05) is 18.5 Å². The van der Waals surface area contributed by atoms with Crippen molar-refractivity contribution in [3.63, 3.8) is 0 Å². The van der Waals surface area contributed by atoms with E-state index in [1.807, 2.05) is 19.1 Å². The summed E-state index contributed by atoms with van der Waals surface area (Å²) in [5.74, 6) is 1.38. The zero-order valence-corrected chi connectivity index (χ0v) is 10.3. The van der Waals surface area contributed by atoms with Gasteiger partial charge in [0.1, 0.15) is 12.1 Å². The van der Waals surface area contributed by atoms with Crippen molar-refractivity contribution in [2.24, 2.45) is 0 Å². The molecule has 0 atom stereocenters. The van der Waals surface area contributed by atoms with Gasteiger partial charge in [-0.05, 0) is 31.0 Å². The summed E-state index contributed by atoms with van der Waals surface area (Å²) in [4.78, 5) is 12.1. The van der Waals surface area contributed by atoms with Crippen molar-refractivity contribution in [3.8, 4) is 5.88 Å². The van der Waals surface area contributed by atoms with Crippen molar-refractivity contribution in [2.45, 2.75) is 13.3 Å². The number of nitrogens with zero attached hydrogens (tertiary/aromatic N) is 3. The molecule has 0 spiro atoms. The number of nitrogens with one attached hydrogen (secondary N) is 1. The topological polar surface area (TPSA) is 59.9 Å². The standard InChI is InChI=1S/C13H16N4O/c1-2-18-13-9-12(16-10-17-13)15-8-5-11-3-6-14-7-4-11/h3-4,6-7,9-10H,2,5,8H2,1H3,(H,15,16,17). The third kappa shape index (κ3) is 3.69. The van der Waals surface area contributed by atoms with Crippen LogP contribution in [0.3, 0.4) is 0 Å². The first-order valence-electron chi connectivity index (χ1n) is 5.96. The van der Waals surface area contributed by atoms with Gasteiger partial charge in [-0.2, -0.15) is 0 Å². The van der Waals surface area contributed by atoms with E-state index in [1.165, 1.54) is 11.9 Å². The predicted octanol–water partition coefficient (Wildman–Crippen LogP) is 1.92. The Morgan fingerprint density at radius 1 is 1.22 bits per heavy atom. The number of anilines is 1. The van der Waals surface area contributed by atoms with Gasteiger partial charge in [0.15, 0.2) is 0 Å². The Labute approximate surface area is 106 Å². The van der Waals surface area contributed by atoms with E-state index in [2.05, 4.69) is 20.3 Å². The molecule has 0 fully saturated rings. The minimum Gasteiger partial charge on any atom is -0.478 e. The van der Waals surface area contributed by atoms with Gasteiger partial charge in [0.05, 0.1) is 6.61 Å². The van der Waals surface area contributed by atoms with Crippen molar-refractivity contribution in [1.82, 2.24) is 15.0 Å². The van der Waals surface area contributed by atoms with Crippen molar-refractivity contribution in [1.29, 1.82) is 0 Å². The van der Waals surface area contributed by atoms with Crippen LogP contribution in [0.15, 0.2) is 36.9 Å². The van der Waals surface area contributed by atoms with E-state index in [-0.39, 0.29) is 0 Å². The average Bonchev–Trinajstić information content (AvgIpc) is 2.41. The number of rotatable bonds is 6. The van der Waals surface area contributed by atoms with Crippen LogP contribution in [0, 0.1) is 0 Å². The molecule has 0 saturated carbocycles. The highest BCUT2D eigenvalue weighted by Crippen LogP contribution is 2.10. The van der Waals surface area contributed by atoms with E-state index < -0.39 is 0 Å². The minimum absolute atomic E-state index is 0.596. The second-order valence-corrected chi connectivity index (χ2v) is 3.71. The molecule has 5 nitrogen and oxygen atoms in total. The summed E-state index contributed by atoms with van der Waals surface area (Å²) in [6.07, 6.45) is 6.02. The van der Waals surface area contributed by atoms with E-state index in [0.717, 1.165) is 18.8 Å². The van der Waals surface area contributed by atoms with Crippen LogP contribution in [-0.4, -0.2) is 28.1 Å². The number of pyridine rings is 1. The van der Waals surface area contributed by atoms with E-state index in [0.29, 0.717) is 12.5 Å². The molecule has 0 amide bonds. The third-order valence-corrected chi connectivity index (χ3v) is 2.40. The summed E-state index contributed by atoms with van der Waals surface area (Å²) in [5, 5.41) is 3.24. The van der Waals surface area contributed by atoms with Gasteiger partial charge in [-0.25, -0.2) is 9.97 Å². The largest absolute Gasteiger partial charge is 0.478 e. The summed E-state index contributed by atoms with van der Waals surface area (Å²) < 4.78 is 5.31. The summed E-state index contributed by atoms with van der Waals surface area (Å²) in [5.41, 5.74) is 1.25. The molecular weight excluding hydrogens is 228 g/mol. The van der Waals surface area contributed by atoms with Crippen LogP contribution in [0.4, 0.5) is 5.82 Å². The molecule has 18 heavy (non-hydrogen) atoms. The van der Waals surface area contributed by atoms with Crippen molar-refractivity contribution in [3.05, 3.63) is 42.5 Å². The fourth-order valence-corrected chi connectivity index (χ4v) is 1.55. The monoisotopic (exact) mass is 244 g/mol. The fraction of sp³-hybridized carbons (Fsp3) is 0.308. The first kappa shape index (κ1) is 12.3. The van der Waals surface area contributed by atoms with Crippen LogP contribution < -0.4 is 10.1 Å². The van der Waals surface area contributed by atoms with Gasteiger partial charge >= 0.3 is 0 Å². The lowest BCUT2D eigenvalue weighted by Gasteiger charge is -2.07. The molecule has 1 N–H and O–H groups in total. The first-order valence-corrected chi connectivity index (χ1v) is 5.96.